The second-order valence-electron chi connectivity index (χ2n) is 5.55. The van der Waals surface area contributed by atoms with E-state index in [2.05, 4.69) is 10.6 Å². The van der Waals surface area contributed by atoms with Crippen LogP contribution in [0.1, 0.15) is 44.0 Å². The maximum absolute atomic E-state index is 11.8. The molecule has 0 bridgehead atoms. The molecule has 4 N–H and O–H groups in total. The van der Waals surface area contributed by atoms with Crippen LogP contribution in [-0.2, 0) is 4.79 Å². The Morgan fingerprint density at radius 1 is 1.30 bits per heavy atom. The Bertz CT molecular complexity index is 478. The van der Waals surface area contributed by atoms with Crippen molar-refractivity contribution in [2.75, 3.05) is 11.9 Å². The van der Waals surface area contributed by atoms with E-state index in [4.69, 9.17) is 5.73 Å². The molecule has 0 aliphatic heterocycles. The first-order valence-electron chi connectivity index (χ1n) is 6.79. The summed E-state index contributed by atoms with van der Waals surface area (Å²) in [6.45, 7) is 6.21. The fraction of sp³-hybridized carbons (Fsp3) is 0.467. The van der Waals surface area contributed by atoms with Gasteiger partial charge in [0.05, 0.1) is 0 Å². The Kier molecular flexibility index (Phi) is 5.70. The molecule has 1 aromatic rings. The number of nitrogens with two attached hydrogens (primary N) is 1. The number of rotatable bonds is 6. The van der Waals surface area contributed by atoms with Crippen LogP contribution in [0.3, 0.4) is 0 Å². The number of carbonyl (C=O) groups is 2. The Balaban J connectivity index is 2.68. The van der Waals surface area contributed by atoms with Crippen molar-refractivity contribution in [3.8, 4) is 0 Å². The van der Waals surface area contributed by atoms with E-state index in [9.17, 15) is 9.59 Å². The van der Waals surface area contributed by atoms with Gasteiger partial charge in [0.25, 0.3) is 5.91 Å². The zero-order valence-electron chi connectivity index (χ0n) is 12.3. The van der Waals surface area contributed by atoms with Gasteiger partial charge in [0, 0.05) is 29.8 Å². The normalized spacial score (nSPS) is 11.0. The van der Waals surface area contributed by atoms with E-state index in [-0.39, 0.29) is 18.2 Å². The van der Waals surface area contributed by atoms with Crippen LogP contribution in [0.2, 0.25) is 0 Å². The number of anilines is 1. The van der Waals surface area contributed by atoms with Crippen LogP contribution >= 0.6 is 0 Å². The Labute approximate surface area is 119 Å². The number of nitrogens with one attached hydrogen (secondary N) is 2. The van der Waals surface area contributed by atoms with Gasteiger partial charge in [-0.05, 0) is 38.5 Å². The minimum absolute atomic E-state index is 0.137. The third-order valence-electron chi connectivity index (χ3n) is 2.56. The molecule has 2 amide bonds. The van der Waals surface area contributed by atoms with Crippen molar-refractivity contribution >= 4 is 17.5 Å². The van der Waals surface area contributed by atoms with Gasteiger partial charge in [-0.25, -0.2) is 0 Å². The topological polar surface area (TPSA) is 84.2 Å². The highest BCUT2D eigenvalue weighted by Crippen LogP contribution is 2.12. The van der Waals surface area contributed by atoms with Crippen LogP contribution < -0.4 is 16.4 Å². The maximum atomic E-state index is 11.8. The van der Waals surface area contributed by atoms with E-state index in [1.807, 2.05) is 6.92 Å². The van der Waals surface area contributed by atoms with Crippen LogP contribution in [0.4, 0.5) is 5.69 Å². The SMILES string of the molecule is CCCNC(=O)c1cccc(NC(=O)CC(C)(C)N)c1. The Morgan fingerprint density at radius 2 is 2.00 bits per heavy atom. The van der Waals surface area contributed by atoms with Crippen molar-refractivity contribution in [3.63, 3.8) is 0 Å². The summed E-state index contributed by atoms with van der Waals surface area (Å²) in [5.41, 5.74) is 6.37. The first-order chi connectivity index (χ1) is 9.31. The average molecular weight is 277 g/mol. The van der Waals surface area contributed by atoms with Crippen molar-refractivity contribution in [1.82, 2.24) is 5.32 Å². The third-order valence-corrected chi connectivity index (χ3v) is 2.56. The lowest BCUT2D eigenvalue weighted by atomic mass is 10.0. The molecule has 5 heteroatoms. The fourth-order valence-electron chi connectivity index (χ4n) is 1.70. The molecule has 110 valence electrons. The van der Waals surface area contributed by atoms with Crippen molar-refractivity contribution < 1.29 is 9.59 Å². The molecule has 0 saturated heterocycles. The van der Waals surface area contributed by atoms with Crippen molar-refractivity contribution in [2.45, 2.75) is 39.2 Å². The van der Waals surface area contributed by atoms with Crippen LogP contribution in [0.5, 0.6) is 0 Å². The molecule has 0 aliphatic carbocycles. The Morgan fingerprint density at radius 3 is 2.60 bits per heavy atom. The molecule has 0 spiro atoms. The predicted octanol–water partition coefficient (Wildman–Crippen LogP) is 1.89. The highest BCUT2D eigenvalue weighted by atomic mass is 16.2. The zero-order valence-corrected chi connectivity index (χ0v) is 12.3. The standard InChI is InChI=1S/C15H23N3O2/c1-4-8-17-14(20)11-6-5-7-12(9-11)18-13(19)10-15(2,3)16/h5-7,9H,4,8,10,16H2,1-3H3,(H,17,20)(H,18,19). The van der Waals surface area contributed by atoms with Gasteiger partial charge in [-0.15, -0.1) is 0 Å². The van der Waals surface area contributed by atoms with E-state index < -0.39 is 5.54 Å². The summed E-state index contributed by atoms with van der Waals surface area (Å²) in [6.07, 6.45) is 1.10. The maximum Gasteiger partial charge on any atom is 0.251 e. The lowest BCUT2D eigenvalue weighted by Crippen LogP contribution is -2.36. The minimum atomic E-state index is -0.555. The Hall–Kier alpha value is -1.88. The molecule has 5 nitrogen and oxygen atoms in total. The molecule has 0 unspecified atom stereocenters. The summed E-state index contributed by atoms with van der Waals surface area (Å²) in [5.74, 6) is -0.300. The van der Waals surface area contributed by atoms with Gasteiger partial charge in [0.2, 0.25) is 5.91 Å². The molecule has 1 aromatic carbocycles. The van der Waals surface area contributed by atoms with Crippen LogP contribution in [0.25, 0.3) is 0 Å². The summed E-state index contributed by atoms with van der Waals surface area (Å²) >= 11 is 0. The highest BCUT2D eigenvalue weighted by molar-refractivity contribution is 5.97. The summed E-state index contributed by atoms with van der Waals surface area (Å²) in [6, 6.07) is 6.86. The summed E-state index contributed by atoms with van der Waals surface area (Å²) in [5, 5.41) is 5.55. The van der Waals surface area contributed by atoms with Crippen molar-refractivity contribution in [2.24, 2.45) is 5.73 Å². The number of amides is 2. The number of benzene rings is 1. The molecular formula is C15H23N3O2. The van der Waals surface area contributed by atoms with Crippen LogP contribution in [-0.4, -0.2) is 23.9 Å². The van der Waals surface area contributed by atoms with Gasteiger partial charge in [-0.3, -0.25) is 9.59 Å². The second kappa shape index (κ2) is 7.05. The van der Waals surface area contributed by atoms with E-state index in [0.29, 0.717) is 17.8 Å². The van der Waals surface area contributed by atoms with Gasteiger partial charge in [-0.2, -0.15) is 0 Å². The van der Waals surface area contributed by atoms with E-state index in [1.165, 1.54) is 0 Å². The summed E-state index contributed by atoms with van der Waals surface area (Å²) < 4.78 is 0. The monoisotopic (exact) mass is 277 g/mol. The molecule has 0 aromatic heterocycles. The summed E-state index contributed by atoms with van der Waals surface area (Å²) in [7, 11) is 0. The fourth-order valence-corrected chi connectivity index (χ4v) is 1.70. The van der Waals surface area contributed by atoms with Crippen LogP contribution in [0.15, 0.2) is 24.3 Å². The van der Waals surface area contributed by atoms with Crippen molar-refractivity contribution in [1.29, 1.82) is 0 Å². The van der Waals surface area contributed by atoms with Gasteiger partial charge in [0.15, 0.2) is 0 Å². The minimum Gasteiger partial charge on any atom is -0.352 e. The number of hydrogen-bond acceptors (Lipinski definition) is 3. The van der Waals surface area contributed by atoms with E-state index in [1.54, 1.807) is 38.1 Å². The van der Waals surface area contributed by atoms with Crippen LogP contribution in [0, 0.1) is 0 Å². The second-order valence-corrected chi connectivity index (χ2v) is 5.55. The van der Waals surface area contributed by atoms with E-state index in [0.717, 1.165) is 6.42 Å². The van der Waals surface area contributed by atoms with Crippen molar-refractivity contribution in [3.05, 3.63) is 29.8 Å². The lowest BCUT2D eigenvalue weighted by molar-refractivity contribution is -0.117. The van der Waals surface area contributed by atoms with Gasteiger partial charge >= 0.3 is 0 Å². The predicted molar refractivity (Wildman–Crippen MR) is 80.6 cm³/mol. The molecule has 20 heavy (non-hydrogen) atoms. The molecule has 0 radical (unpaired) electrons. The lowest BCUT2D eigenvalue weighted by Gasteiger charge is -2.17. The number of carbonyl (C=O) groups excluding carboxylic acids is 2. The highest BCUT2D eigenvalue weighted by Gasteiger charge is 2.16. The smallest absolute Gasteiger partial charge is 0.251 e. The first-order valence-corrected chi connectivity index (χ1v) is 6.79. The molecule has 0 aliphatic rings. The molecule has 0 atom stereocenters. The molecule has 1 rings (SSSR count). The summed E-state index contributed by atoms with van der Waals surface area (Å²) in [4.78, 5) is 23.6. The quantitative estimate of drug-likeness (QED) is 0.742. The molecular weight excluding hydrogens is 254 g/mol. The third kappa shape index (κ3) is 5.84. The van der Waals surface area contributed by atoms with Gasteiger partial charge in [0.1, 0.15) is 0 Å². The largest absolute Gasteiger partial charge is 0.352 e. The zero-order chi connectivity index (χ0) is 15.2. The average Bonchev–Trinajstić information content (AvgIpc) is 2.33. The molecule has 0 fully saturated rings. The molecule has 0 heterocycles. The van der Waals surface area contributed by atoms with Gasteiger partial charge in [-0.1, -0.05) is 13.0 Å². The van der Waals surface area contributed by atoms with E-state index >= 15 is 0 Å². The molecule has 0 saturated carbocycles. The first kappa shape index (κ1) is 16.2. The number of hydrogen-bond donors (Lipinski definition) is 3. The van der Waals surface area contributed by atoms with Gasteiger partial charge < -0.3 is 16.4 Å².